The number of nitrogens with one attached hydrogen (secondary N) is 2. The quantitative estimate of drug-likeness (QED) is 0.818. The van der Waals surface area contributed by atoms with E-state index in [1.54, 1.807) is 11.3 Å². The number of hydrogen-bond donors (Lipinski definition) is 2. The summed E-state index contributed by atoms with van der Waals surface area (Å²) >= 11 is 4.93. The maximum Gasteiger partial charge on any atom is 0.183 e. The van der Waals surface area contributed by atoms with Crippen molar-refractivity contribution in [2.75, 3.05) is 31.6 Å². The minimum absolute atomic E-state index is 0.436. The minimum Gasteiger partial charge on any atom is -0.376 e. The highest BCUT2D eigenvalue weighted by atomic mass is 79.9. The zero-order valence-corrected chi connectivity index (χ0v) is 11.4. The van der Waals surface area contributed by atoms with E-state index >= 15 is 0 Å². The number of piperidine rings is 1. The van der Waals surface area contributed by atoms with Crippen LogP contribution in [-0.2, 0) is 4.74 Å². The molecule has 16 heavy (non-hydrogen) atoms. The second-order valence-electron chi connectivity index (χ2n) is 3.72. The predicted octanol–water partition coefficient (Wildman–Crippen LogP) is 2.09. The summed E-state index contributed by atoms with van der Waals surface area (Å²) in [6.07, 6.45) is 2.69. The molecule has 0 saturated carbocycles. The summed E-state index contributed by atoms with van der Waals surface area (Å²) in [4.78, 5) is 4.25. The molecule has 1 saturated heterocycles. The van der Waals surface area contributed by atoms with Crippen LogP contribution < -0.4 is 10.6 Å². The van der Waals surface area contributed by atoms with Crippen molar-refractivity contribution in [2.45, 2.75) is 18.9 Å². The number of halogens is 1. The molecular formula is C10H16BrN3OS. The summed E-state index contributed by atoms with van der Waals surface area (Å²) in [5, 5.41) is 9.48. The van der Waals surface area contributed by atoms with Crippen LogP contribution in [-0.4, -0.2) is 37.3 Å². The van der Waals surface area contributed by atoms with Gasteiger partial charge in [-0.05, 0) is 41.9 Å². The lowest BCUT2D eigenvalue weighted by atomic mass is 10.1. The lowest BCUT2D eigenvalue weighted by Crippen LogP contribution is -2.33. The molecule has 1 aromatic rings. The van der Waals surface area contributed by atoms with Gasteiger partial charge in [0.2, 0.25) is 0 Å². The molecule has 1 aliphatic rings. The first kappa shape index (κ1) is 12.3. The first-order valence-corrected chi connectivity index (χ1v) is 7.19. The van der Waals surface area contributed by atoms with Crippen molar-refractivity contribution in [3.8, 4) is 0 Å². The Kier molecular flexibility index (Phi) is 5.02. The summed E-state index contributed by atoms with van der Waals surface area (Å²) in [5.74, 6) is 0. The SMILES string of the molecule is Brc1csc(NCCOC2CCNCC2)n1. The molecule has 0 radical (unpaired) electrons. The van der Waals surface area contributed by atoms with Crippen molar-refractivity contribution in [3.05, 3.63) is 9.98 Å². The highest BCUT2D eigenvalue weighted by molar-refractivity contribution is 9.10. The number of rotatable bonds is 5. The summed E-state index contributed by atoms with van der Waals surface area (Å²) in [6, 6.07) is 0. The van der Waals surface area contributed by atoms with E-state index in [2.05, 4.69) is 31.5 Å². The fraction of sp³-hybridized carbons (Fsp3) is 0.700. The maximum absolute atomic E-state index is 5.77. The number of nitrogens with zero attached hydrogens (tertiary/aromatic N) is 1. The summed E-state index contributed by atoms with van der Waals surface area (Å²) < 4.78 is 6.66. The van der Waals surface area contributed by atoms with E-state index in [4.69, 9.17) is 4.74 Å². The van der Waals surface area contributed by atoms with Gasteiger partial charge in [-0.2, -0.15) is 0 Å². The van der Waals surface area contributed by atoms with Crippen LogP contribution >= 0.6 is 27.3 Å². The molecule has 0 bridgehead atoms. The van der Waals surface area contributed by atoms with Crippen LogP contribution in [0.25, 0.3) is 0 Å². The van der Waals surface area contributed by atoms with Crippen molar-refractivity contribution in [2.24, 2.45) is 0 Å². The van der Waals surface area contributed by atoms with Crippen LogP contribution in [0, 0.1) is 0 Å². The Morgan fingerprint density at radius 1 is 1.56 bits per heavy atom. The summed E-state index contributed by atoms with van der Waals surface area (Å²) in [6.45, 7) is 3.74. The van der Waals surface area contributed by atoms with E-state index in [9.17, 15) is 0 Å². The third-order valence-electron chi connectivity index (χ3n) is 2.49. The van der Waals surface area contributed by atoms with Gasteiger partial charge in [-0.3, -0.25) is 0 Å². The van der Waals surface area contributed by atoms with Crippen LogP contribution in [0.4, 0.5) is 5.13 Å². The summed E-state index contributed by atoms with van der Waals surface area (Å²) in [5.41, 5.74) is 0. The molecule has 0 aliphatic carbocycles. The second kappa shape index (κ2) is 6.54. The molecule has 90 valence electrons. The number of anilines is 1. The first-order chi connectivity index (χ1) is 7.84. The van der Waals surface area contributed by atoms with E-state index < -0.39 is 0 Å². The van der Waals surface area contributed by atoms with E-state index in [1.165, 1.54) is 0 Å². The van der Waals surface area contributed by atoms with E-state index in [-0.39, 0.29) is 0 Å². The fourth-order valence-corrected chi connectivity index (χ4v) is 2.85. The Balaban J connectivity index is 1.57. The average Bonchev–Trinajstić information content (AvgIpc) is 2.72. The largest absolute Gasteiger partial charge is 0.376 e. The Labute approximate surface area is 108 Å². The van der Waals surface area contributed by atoms with Crippen molar-refractivity contribution >= 4 is 32.4 Å². The Bertz CT molecular complexity index is 315. The van der Waals surface area contributed by atoms with Gasteiger partial charge in [0.25, 0.3) is 0 Å². The van der Waals surface area contributed by atoms with Crippen LogP contribution in [0.2, 0.25) is 0 Å². The smallest absolute Gasteiger partial charge is 0.183 e. The topological polar surface area (TPSA) is 46.2 Å². The van der Waals surface area contributed by atoms with Gasteiger partial charge >= 0.3 is 0 Å². The highest BCUT2D eigenvalue weighted by Gasteiger charge is 2.12. The van der Waals surface area contributed by atoms with Crippen LogP contribution in [0.5, 0.6) is 0 Å². The Morgan fingerprint density at radius 3 is 3.06 bits per heavy atom. The number of ether oxygens (including phenoxy) is 1. The second-order valence-corrected chi connectivity index (χ2v) is 5.39. The minimum atomic E-state index is 0.436. The van der Waals surface area contributed by atoms with Crippen molar-refractivity contribution in [1.82, 2.24) is 10.3 Å². The molecule has 1 aliphatic heterocycles. The third-order valence-corrected chi connectivity index (χ3v) is 4.00. The van der Waals surface area contributed by atoms with Crippen molar-refractivity contribution in [3.63, 3.8) is 0 Å². The van der Waals surface area contributed by atoms with Crippen LogP contribution in [0.1, 0.15) is 12.8 Å². The maximum atomic E-state index is 5.77. The number of thiazole rings is 1. The van der Waals surface area contributed by atoms with Gasteiger partial charge in [0, 0.05) is 11.9 Å². The molecule has 0 unspecified atom stereocenters. The molecule has 0 amide bonds. The van der Waals surface area contributed by atoms with Gasteiger partial charge in [-0.15, -0.1) is 11.3 Å². The average molecular weight is 306 g/mol. The number of hydrogen-bond acceptors (Lipinski definition) is 5. The zero-order valence-electron chi connectivity index (χ0n) is 9.04. The third kappa shape index (κ3) is 4.01. The highest BCUT2D eigenvalue weighted by Crippen LogP contribution is 2.18. The molecule has 4 nitrogen and oxygen atoms in total. The van der Waals surface area contributed by atoms with Gasteiger partial charge < -0.3 is 15.4 Å². The molecule has 0 aromatic carbocycles. The summed E-state index contributed by atoms with van der Waals surface area (Å²) in [7, 11) is 0. The predicted molar refractivity (Wildman–Crippen MR) is 70.1 cm³/mol. The first-order valence-electron chi connectivity index (χ1n) is 5.52. The van der Waals surface area contributed by atoms with Crippen LogP contribution in [0.15, 0.2) is 9.98 Å². The molecule has 6 heteroatoms. The van der Waals surface area contributed by atoms with Crippen molar-refractivity contribution < 1.29 is 4.74 Å². The lowest BCUT2D eigenvalue weighted by Gasteiger charge is -2.22. The van der Waals surface area contributed by atoms with E-state index in [0.29, 0.717) is 6.10 Å². The molecule has 0 atom stereocenters. The monoisotopic (exact) mass is 305 g/mol. The fourth-order valence-electron chi connectivity index (χ4n) is 1.68. The molecule has 2 heterocycles. The molecule has 1 aromatic heterocycles. The molecular weight excluding hydrogens is 290 g/mol. The van der Waals surface area contributed by atoms with Gasteiger partial charge in [-0.1, -0.05) is 0 Å². The Hall–Kier alpha value is -0.170. The molecule has 2 rings (SSSR count). The van der Waals surface area contributed by atoms with Gasteiger partial charge in [0.05, 0.1) is 12.7 Å². The van der Waals surface area contributed by atoms with E-state index in [0.717, 1.165) is 48.8 Å². The molecule has 2 N–H and O–H groups in total. The Morgan fingerprint density at radius 2 is 2.38 bits per heavy atom. The number of aromatic nitrogens is 1. The molecule has 0 spiro atoms. The standard InChI is InChI=1S/C10H16BrN3OS/c11-9-7-16-10(14-9)13-5-6-15-8-1-3-12-4-2-8/h7-8,12H,1-6H2,(H,13,14). The normalized spacial score (nSPS) is 17.6. The van der Waals surface area contributed by atoms with E-state index in [1.807, 2.05) is 5.38 Å². The lowest BCUT2D eigenvalue weighted by molar-refractivity contribution is 0.0394. The van der Waals surface area contributed by atoms with Crippen LogP contribution in [0.3, 0.4) is 0 Å². The molecule has 1 fully saturated rings. The zero-order chi connectivity index (χ0) is 11.2. The van der Waals surface area contributed by atoms with Crippen molar-refractivity contribution in [1.29, 1.82) is 0 Å². The van der Waals surface area contributed by atoms with Gasteiger partial charge in [-0.25, -0.2) is 4.98 Å². The van der Waals surface area contributed by atoms with Gasteiger partial charge in [0.15, 0.2) is 5.13 Å². The van der Waals surface area contributed by atoms with Gasteiger partial charge in [0.1, 0.15) is 4.60 Å².